The molecule has 30 heavy (non-hydrogen) atoms. The van der Waals surface area contributed by atoms with Gasteiger partial charge in [-0.1, -0.05) is 30.3 Å². The molecule has 3 aromatic carbocycles. The van der Waals surface area contributed by atoms with Gasteiger partial charge in [-0.05, 0) is 54.1 Å². The molecule has 0 aliphatic carbocycles. The van der Waals surface area contributed by atoms with Crippen LogP contribution in [-0.4, -0.2) is 25.4 Å². The monoisotopic (exact) mass is 403 g/mol. The summed E-state index contributed by atoms with van der Waals surface area (Å²) in [6.45, 7) is 2.15. The molecule has 0 saturated carbocycles. The topological polar surface area (TPSA) is 70.7 Å². The summed E-state index contributed by atoms with van der Waals surface area (Å²) in [6.07, 6.45) is 0. The number of nitrogens with one attached hydrogen (secondary N) is 2. The van der Waals surface area contributed by atoms with E-state index in [1.54, 1.807) is 36.2 Å². The fraction of sp³-hybridized carbons (Fsp3) is 0.167. The minimum Gasteiger partial charge on any atom is -0.489 e. The van der Waals surface area contributed by atoms with Gasteiger partial charge in [0, 0.05) is 31.0 Å². The molecule has 0 aliphatic rings. The first kappa shape index (κ1) is 20.9. The first-order chi connectivity index (χ1) is 14.5. The Hall–Kier alpha value is -3.80. The van der Waals surface area contributed by atoms with Crippen molar-refractivity contribution < 1.29 is 14.3 Å². The van der Waals surface area contributed by atoms with Crippen LogP contribution in [0, 0.1) is 0 Å². The zero-order valence-electron chi connectivity index (χ0n) is 17.1. The number of carbonyl (C=O) groups is 2. The first-order valence-electron chi connectivity index (χ1n) is 9.66. The van der Waals surface area contributed by atoms with E-state index in [-0.39, 0.29) is 18.4 Å². The molecule has 3 aromatic rings. The molecule has 3 rings (SSSR count). The summed E-state index contributed by atoms with van der Waals surface area (Å²) >= 11 is 0. The van der Waals surface area contributed by atoms with Crippen LogP contribution < -0.4 is 20.3 Å². The summed E-state index contributed by atoms with van der Waals surface area (Å²) in [5.41, 5.74) is 3.38. The maximum Gasteiger partial charge on any atom is 0.243 e. The lowest BCUT2D eigenvalue weighted by Gasteiger charge is -2.15. The quantitative estimate of drug-likeness (QED) is 0.588. The maximum atomic E-state index is 12.2. The normalized spacial score (nSPS) is 10.2. The van der Waals surface area contributed by atoms with Crippen molar-refractivity contribution in [3.05, 3.63) is 84.4 Å². The molecule has 0 saturated heterocycles. The fourth-order valence-corrected chi connectivity index (χ4v) is 2.75. The molecule has 0 radical (unpaired) electrons. The summed E-state index contributed by atoms with van der Waals surface area (Å²) in [7, 11) is 1.71. The molecule has 6 nitrogen and oxygen atoms in total. The van der Waals surface area contributed by atoms with Gasteiger partial charge in [-0.2, -0.15) is 0 Å². The molecule has 0 spiro atoms. The third-order valence-corrected chi connectivity index (χ3v) is 4.57. The summed E-state index contributed by atoms with van der Waals surface area (Å²) in [4.78, 5) is 25.1. The zero-order valence-corrected chi connectivity index (χ0v) is 17.1. The van der Waals surface area contributed by atoms with E-state index >= 15 is 0 Å². The van der Waals surface area contributed by atoms with Gasteiger partial charge in [0.25, 0.3) is 0 Å². The lowest BCUT2D eigenvalue weighted by Crippen LogP contribution is -2.23. The zero-order chi connectivity index (χ0) is 21.3. The van der Waals surface area contributed by atoms with Crippen molar-refractivity contribution in [2.75, 3.05) is 29.1 Å². The first-order valence-corrected chi connectivity index (χ1v) is 9.66. The number of carbonyl (C=O) groups excluding carboxylic acids is 2. The highest BCUT2D eigenvalue weighted by Crippen LogP contribution is 2.18. The van der Waals surface area contributed by atoms with E-state index in [0.717, 1.165) is 22.7 Å². The second-order valence-electron chi connectivity index (χ2n) is 6.83. The van der Waals surface area contributed by atoms with Gasteiger partial charge in [-0.25, -0.2) is 0 Å². The summed E-state index contributed by atoms with van der Waals surface area (Å²) in [5, 5.41) is 5.92. The van der Waals surface area contributed by atoms with Gasteiger partial charge in [0.15, 0.2) is 0 Å². The molecular formula is C24H25N3O3. The smallest absolute Gasteiger partial charge is 0.243 e. The number of hydrogen-bond acceptors (Lipinski definition) is 4. The summed E-state index contributed by atoms with van der Waals surface area (Å²) in [5.74, 6) is 0.559. The molecular weight excluding hydrogens is 378 g/mol. The minimum atomic E-state index is -0.160. The van der Waals surface area contributed by atoms with Gasteiger partial charge in [0.1, 0.15) is 12.4 Å². The largest absolute Gasteiger partial charge is 0.489 e. The van der Waals surface area contributed by atoms with Gasteiger partial charge in [0.05, 0.1) is 6.54 Å². The number of hydrogen-bond donors (Lipinski definition) is 2. The second kappa shape index (κ2) is 10.1. The number of amides is 2. The molecule has 6 heteroatoms. The van der Waals surface area contributed by atoms with Crippen molar-refractivity contribution in [1.29, 1.82) is 0 Å². The van der Waals surface area contributed by atoms with Crippen LogP contribution in [0.3, 0.4) is 0 Å². The minimum absolute atomic E-state index is 0.0486. The Morgan fingerprint density at radius 2 is 1.50 bits per heavy atom. The highest BCUT2D eigenvalue weighted by Gasteiger charge is 2.07. The Labute approximate surface area is 176 Å². The van der Waals surface area contributed by atoms with Crippen LogP contribution in [-0.2, 0) is 16.2 Å². The Bertz CT molecular complexity index is 971. The second-order valence-corrected chi connectivity index (χ2v) is 6.83. The third kappa shape index (κ3) is 6.10. The van der Waals surface area contributed by atoms with Crippen molar-refractivity contribution in [2.45, 2.75) is 13.5 Å². The van der Waals surface area contributed by atoms with Gasteiger partial charge < -0.3 is 20.3 Å². The van der Waals surface area contributed by atoms with Crippen LogP contribution in [0.5, 0.6) is 5.75 Å². The molecule has 0 bridgehead atoms. The number of benzene rings is 3. The predicted molar refractivity (Wildman–Crippen MR) is 120 cm³/mol. The van der Waals surface area contributed by atoms with Gasteiger partial charge in [0.2, 0.25) is 11.8 Å². The summed E-state index contributed by atoms with van der Waals surface area (Å²) in [6, 6.07) is 24.6. The standard InChI is InChI=1S/C24H25N3O3/c1-18(28)27(2)22-12-8-21(9-13-22)26-24(29)16-25-20-10-14-23(15-11-20)30-17-19-6-4-3-5-7-19/h3-15,25H,16-17H2,1-2H3,(H,26,29). The molecule has 2 amide bonds. The van der Waals surface area contributed by atoms with E-state index in [0.29, 0.717) is 12.3 Å². The van der Waals surface area contributed by atoms with E-state index in [1.807, 2.05) is 54.6 Å². The van der Waals surface area contributed by atoms with Crippen molar-refractivity contribution in [3.63, 3.8) is 0 Å². The molecule has 2 N–H and O–H groups in total. The van der Waals surface area contributed by atoms with Crippen LogP contribution in [0.4, 0.5) is 17.1 Å². The highest BCUT2D eigenvalue weighted by molar-refractivity contribution is 5.94. The molecule has 0 aromatic heterocycles. The highest BCUT2D eigenvalue weighted by atomic mass is 16.5. The van der Waals surface area contributed by atoms with Crippen LogP contribution in [0.2, 0.25) is 0 Å². The Morgan fingerprint density at radius 1 is 0.867 bits per heavy atom. The van der Waals surface area contributed by atoms with Gasteiger partial charge >= 0.3 is 0 Å². The van der Waals surface area contributed by atoms with Gasteiger partial charge in [-0.15, -0.1) is 0 Å². The van der Waals surface area contributed by atoms with Crippen LogP contribution in [0.25, 0.3) is 0 Å². The maximum absolute atomic E-state index is 12.2. The van der Waals surface area contributed by atoms with E-state index in [2.05, 4.69) is 10.6 Å². The van der Waals surface area contributed by atoms with Gasteiger partial charge in [-0.3, -0.25) is 9.59 Å². The van der Waals surface area contributed by atoms with Crippen molar-refractivity contribution >= 4 is 28.9 Å². The van der Waals surface area contributed by atoms with E-state index in [9.17, 15) is 9.59 Å². The van der Waals surface area contributed by atoms with Crippen molar-refractivity contribution in [3.8, 4) is 5.75 Å². The Balaban J connectivity index is 1.44. The Morgan fingerprint density at radius 3 is 2.13 bits per heavy atom. The van der Waals surface area contributed by atoms with Crippen molar-refractivity contribution in [1.82, 2.24) is 0 Å². The number of rotatable bonds is 8. The number of nitrogens with zero attached hydrogens (tertiary/aromatic N) is 1. The molecule has 0 unspecified atom stereocenters. The third-order valence-electron chi connectivity index (χ3n) is 4.57. The number of ether oxygens (including phenoxy) is 1. The average Bonchev–Trinajstić information content (AvgIpc) is 2.77. The number of anilines is 3. The van der Waals surface area contributed by atoms with Crippen LogP contribution >= 0.6 is 0 Å². The molecule has 0 heterocycles. The predicted octanol–water partition coefficient (Wildman–Crippen LogP) is 4.30. The SMILES string of the molecule is CC(=O)N(C)c1ccc(NC(=O)CNc2ccc(OCc3ccccc3)cc2)cc1. The van der Waals surface area contributed by atoms with E-state index in [4.69, 9.17) is 4.74 Å². The lowest BCUT2D eigenvalue weighted by molar-refractivity contribution is -0.116. The lowest BCUT2D eigenvalue weighted by atomic mass is 10.2. The fourth-order valence-electron chi connectivity index (χ4n) is 2.75. The molecule has 0 aliphatic heterocycles. The van der Waals surface area contributed by atoms with Crippen LogP contribution in [0.1, 0.15) is 12.5 Å². The Kier molecular flexibility index (Phi) is 7.05. The van der Waals surface area contributed by atoms with E-state index < -0.39 is 0 Å². The molecule has 154 valence electrons. The summed E-state index contributed by atoms with van der Waals surface area (Å²) < 4.78 is 5.76. The molecule has 0 atom stereocenters. The average molecular weight is 403 g/mol. The van der Waals surface area contributed by atoms with Crippen LogP contribution in [0.15, 0.2) is 78.9 Å². The molecule has 0 fully saturated rings. The van der Waals surface area contributed by atoms with Crippen molar-refractivity contribution in [2.24, 2.45) is 0 Å². The van der Waals surface area contributed by atoms with E-state index in [1.165, 1.54) is 6.92 Å².